The fraction of sp³-hybridized carbons (Fsp3) is 0.182. The van der Waals surface area contributed by atoms with E-state index in [1.807, 2.05) is 0 Å². The predicted molar refractivity (Wildman–Crippen MR) is 85.0 cm³/mol. The third-order valence-electron chi connectivity index (χ3n) is 2.45. The number of benzene rings is 1. The van der Waals surface area contributed by atoms with Crippen LogP contribution < -0.4 is 0 Å². The third-order valence-corrected chi connectivity index (χ3v) is 4.39. The van der Waals surface area contributed by atoms with E-state index in [9.17, 15) is 17.6 Å². The Morgan fingerprint density at radius 3 is 1.96 bits per heavy atom. The molecule has 0 aliphatic carbocycles. The standard InChI is InChI=1S/C11H3Cl5F4N2S/c12-5-1-4(10(17,18)19)2-6(13)8(5)22-3-7(21-9(22)14)23-11(15,16)20/h1-3H. The Kier molecular flexibility index (Phi) is 5.61. The fourth-order valence-electron chi connectivity index (χ4n) is 1.62. The third kappa shape index (κ3) is 4.74. The molecular weight excluding hydrogens is 445 g/mol. The van der Waals surface area contributed by atoms with Gasteiger partial charge in [-0.05, 0) is 35.5 Å². The van der Waals surface area contributed by atoms with Gasteiger partial charge in [-0.1, -0.05) is 46.4 Å². The molecule has 0 saturated heterocycles. The van der Waals surface area contributed by atoms with Crippen LogP contribution >= 0.6 is 69.8 Å². The van der Waals surface area contributed by atoms with Crippen molar-refractivity contribution in [2.24, 2.45) is 0 Å². The van der Waals surface area contributed by atoms with Crippen molar-refractivity contribution in [1.29, 1.82) is 0 Å². The summed E-state index contributed by atoms with van der Waals surface area (Å²) >= 11 is 28.3. The van der Waals surface area contributed by atoms with Crippen molar-refractivity contribution < 1.29 is 17.6 Å². The zero-order valence-corrected chi connectivity index (χ0v) is 15.0. The molecule has 0 fully saturated rings. The lowest BCUT2D eigenvalue weighted by Gasteiger charge is -2.13. The molecule has 2 rings (SSSR count). The first kappa shape index (κ1) is 19.3. The quantitative estimate of drug-likeness (QED) is 0.286. The molecule has 0 N–H and O–H groups in total. The molecule has 0 aliphatic rings. The van der Waals surface area contributed by atoms with Crippen molar-refractivity contribution >= 4 is 69.8 Å². The molecule has 0 amide bonds. The van der Waals surface area contributed by atoms with E-state index in [-0.39, 0.29) is 26.0 Å². The van der Waals surface area contributed by atoms with Crippen LogP contribution in [0.15, 0.2) is 23.4 Å². The summed E-state index contributed by atoms with van der Waals surface area (Å²) in [5.74, 6) is 0. The molecule has 0 atom stereocenters. The van der Waals surface area contributed by atoms with E-state index in [1.54, 1.807) is 0 Å². The number of hydrogen-bond acceptors (Lipinski definition) is 2. The van der Waals surface area contributed by atoms with E-state index in [2.05, 4.69) is 4.98 Å². The van der Waals surface area contributed by atoms with Crippen LogP contribution in [0.2, 0.25) is 15.3 Å². The van der Waals surface area contributed by atoms with Crippen LogP contribution in [0.1, 0.15) is 5.56 Å². The molecular formula is C11H3Cl5F4N2S. The largest absolute Gasteiger partial charge is 0.416 e. The SMILES string of the molecule is FC(Cl)(Cl)Sc1cn(-c2c(Cl)cc(C(F)(F)F)cc2Cl)c(Cl)n1. The van der Waals surface area contributed by atoms with E-state index in [4.69, 9.17) is 58.0 Å². The molecule has 1 aromatic heterocycles. The highest BCUT2D eigenvalue weighted by molar-refractivity contribution is 8.03. The van der Waals surface area contributed by atoms with Crippen LogP contribution in [0.4, 0.5) is 17.6 Å². The maximum absolute atomic E-state index is 13.2. The Labute approximate surface area is 156 Å². The van der Waals surface area contributed by atoms with Gasteiger partial charge in [0.1, 0.15) is 5.03 Å². The molecule has 0 spiro atoms. The van der Waals surface area contributed by atoms with Gasteiger partial charge in [0.05, 0.1) is 21.3 Å². The average Bonchev–Trinajstić information content (AvgIpc) is 2.65. The number of alkyl halides is 6. The highest BCUT2D eigenvalue weighted by Crippen LogP contribution is 2.43. The van der Waals surface area contributed by atoms with Crippen LogP contribution in [0.5, 0.6) is 0 Å². The number of halogens is 9. The second-order valence-corrected chi connectivity index (χ2v) is 8.07. The zero-order chi connectivity index (χ0) is 17.6. The molecule has 2 nitrogen and oxygen atoms in total. The average molecular weight is 448 g/mol. The zero-order valence-electron chi connectivity index (χ0n) is 10.4. The number of imidazole rings is 1. The summed E-state index contributed by atoms with van der Waals surface area (Å²) in [5.41, 5.74) is -1.06. The summed E-state index contributed by atoms with van der Waals surface area (Å²) in [4.78, 5) is 3.77. The summed E-state index contributed by atoms with van der Waals surface area (Å²) in [6.45, 7) is 0. The lowest BCUT2D eigenvalue weighted by molar-refractivity contribution is -0.137. The Balaban J connectivity index is 2.51. The van der Waals surface area contributed by atoms with Crippen LogP contribution in [-0.2, 0) is 6.18 Å². The minimum absolute atomic E-state index is 0.0190. The molecule has 0 unspecified atom stereocenters. The van der Waals surface area contributed by atoms with Gasteiger partial charge in [-0.15, -0.1) is 0 Å². The van der Waals surface area contributed by atoms with Crippen molar-refractivity contribution in [3.8, 4) is 5.69 Å². The van der Waals surface area contributed by atoms with Gasteiger partial charge in [-0.2, -0.15) is 17.6 Å². The highest BCUT2D eigenvalue weighted by Gasteiger charge is 2.33. The van der Waals surface area contributed by atoms with Crippen molar-refractivity contribution in [3.63, 3.8) is 0 Å². The van der Waals surface area contributed by atoms with Crippen molar-refractivity contribution in [3.05, 3.63) is 39.2 Å². The van der Waals surface area contributed by atoms with Gasteiger partial charge in [-0.25, -0.2) is 4.98 Å². The molecule has 0 aliphatic heterocycles. The maximum atomic E-state index is 13.2. The van der Waals surface area contributed by atoms with E-state index in [0.717, 1.165) is 4.57 Å². The van der Waals surface area contributed by atoms with Gasteiger partial charge < -0.3 is 0 Å². The normalized spacial score (nSPS) is 12.7. The lowest BCUT2D eigenvalue weighted by atomic mass is 10.2. The first-order valence-electron chi connectivity index (χ1n) is 5.46. The molecule has 23 heavy (non-hydrogen) atoms. The minimum Gasteiger partial charge on any atom is -0.286 e. The fourth-order valence-corrected chi connectivity index (χ4v) is 3.57. The topological polar surface area (TPSA) is 17.8 Å². The monoisotopic (exact) mass is 446 g/mol. The van der Waals surface area contributed by atoms with E-state index < -0.39 is 15.7 Å². The summed E-state index contributed by atoms with van der Waals surface area (Å²) in [5, 5.41) is -0.865. The van der Waals surface area contributed by atoms with Gasteiger partial charge in [0.15, 0.2) is 0 Å². The number of aromatic nitrogens is 2. The Hall–Kier alpha value is -0.0500. The predicted octanol–water partition coefficient (Wildman–Crippen LogP) is 7.00. The van der Waals surface area contributed by atoms with Crippen LogP contribution in [-0.4, -0.2) is 13.5 Å². The molecule has 126 valence electrons. The maximum Gasteiger partial charge on any atom is 0.416 e. The summed E-state index contributed by atoms with van der Waals surface area (Å²) in [6.07, 6.45) is -3.43. The number of rotatable bonds is 3. The second-order valence-electron chi connectivity index (χ2n) is 4.05. The first-order chi connectivity index (χ1) is 10.4. The lowest BCUT2D eigenvalue weighted by Crippen LogP contribution is -2.06. The van der Waals surface area contributed by atoms with Gasteiger partial charge in [0.2, 0.25) is 5.28 Å². The van der Waals surface area contributed by atoms with E-state index in [0.29, 0.717) is 23.9 Å². The van der Waals surface area contributed by atoms with Crippen molar-refractivity contribution in [2.75, 3.05) is 0 Å². The number of hydrogen-bond donors (Lipinski definition) is 0. The van der Waals surface area contributed by atoms with Crippen molar-refractivity contribution in [2.45, 2.75) is 15.1 Å². The van der Waals surface area contributed by atoms with Crippen LogP contribution in [0.3, 0.4) is 0 Å². The summed E-state index contributed by atoms with van der Waals surface area (Å²) in [6, 6.07) is 1.38. The Bertz CT molecular complexity index is 718. The number of thioether (sulfide) groups is 1. The molecule has 0 bridgehead atoms. The molecule has 2 aromatic rings. The Morgan fingerprint density at radius 2 is 1.52 bits per heavy atom. The van der Waals surface area contributed by atoms with E-state index >= 15 is 0 Å². The molecule has 12 heteroatoms. The second kappa shape index (κ2) is 6.69. The first-order valence-corrected chi connectivity index (χ1v) is 8.16. The Morgan fingerprint density at radius 1 is 1.00 bits per heavy atom. The molecule has 0 radical (unpaired) electrons. The van der Waals surface area contributed by atoms with Gasteiger partial charge in [-0.3, -0.25) is 4.57 Å². The molecule has 1 heterocycles. The summed E-state index contributed by atoms with van der Waals surface area (Å²) in [7, 11) is 0. The van der Waals surface area contributed by atoms with Crippen LogP contribution in [0.25, 0.3) is 5.69 Å². The summed E-state index contributed by atoms with van der Waals surface area (Å²) < 4.78 is 49.8. The number of nitrogens with zero attached hydrogens (tertiary/aromatic N) is 2. The smallest absolute Gasteiger partial charge is 0.286 e. The van der Waals surface area contributed by atoms with Gasteiger partial charge in [0, 0.05) is 6.20 Å². The van der Waals surface area contributed by atoms with Crippen molar-refractivity contribution in [1.82, 2.24) is 9.55 Å². The van der Waals surface area contributed by atoms with Gasteiger partial charge >= 0.3 is 10.1 Å². The van der Waals surface area contributed by atoms with Gasteiger partial charge in [0.25, 0.3) is 0 Å². The minimum atomic E-state index is -4.61. The molecule has 0 saturated carbocycles. The molecule has 1 aromatic carbocycles. The highest BCUT2D eigenvalue weighted by atomic mass is 35.5. The van der Waals surface area contributed by atoms with Crippen LogP contribution in [0, 0.1) is 0 Å². The van der Waals surface area contributed by atoms with E-state index in [1.165, 1.54) is 6.20 Å².